The van der Waals surface area contributed by atoms with Crippen LogP contribution in [0.1, 0.15) is 54.7 Å². The number of fused-ring (bicyclic) bond motifs is 3. The number of rotatable bonds is 9. The quantitative estimate of drug-likeness (QED) is 0.547. The molecule has 2 heterocycles. The van der Waals surface area contributed by atoms with Crippen LogP contribution in [-0.4, -0.2) is 75.2 Å². The van der Waals surface area contributed by atoms with Crippen molar-refractivity contribution in [2.75, 3.05) is 45.2 Å². The number of hydrogen-bond donors (Lipinski definition) is 2. The van der Waals surface area contributed by atoms with Gasteiger partial charge in [0.15, 0.2) is 0 Å². The van der Waals surface area contributed by atoms with Crippen LogP contribution in [0.3, 0.4) is 0 Å². The molecule has 8 nitrogen and oxygen atoms in total. The lowest BCUT2D eigenvalue weighted by molar-refractivity contribution is -0.121. The van der Waals surface area contributed by atoms with Gasteiger partial charge in [-0.25, -0.2) is 4.21 Å². The Morgan fingerprint density at radius 1 is 1.20 bits per heavy atom. The molecule has 2 aliphatic rings. The summed E-state index contributed by atoms with van der Waals surface area (Å²) in [6, 6.07) is 5.63. The average molecular weight is 504 g/mol. The maximum atomic E-state index is 13.3. The number of carbonyl (C=O) groups excluding carboxylic acids is 2. The molecule has 2 aromatic rings. The van der Waals surface area contributed by atoms with Crippen LogP contribution in [0.4, 0.5) is 0 Å². The number of amides is 2. The van der Waals surface area contributed by atoms with Crippen LogP contribution < -0.4 is 5.32 Å². The summed E-state index contributed by atoms with van der Waals surface area (Å²) in [7, 11) is -1.15. The minimum absolute atomic E-state index is 0.0574. The standard InChI is InChI=1S/C26H37N3O5S/c1-3-28(17-25(31)27-11-12-30)26(32)20-6-8-24-22(16-20)21-15-19(18-9-13-34-14-10-18)5-7-23(21)29(24)35(33)4-2/h6,8,16,18-19,30H,3-5,7,9-15,17H2,1-2H3,(H,27,31)/t19-,35?/m1/s1. The normalized spacial score (nSPS) is 19.3. The fourth-order valence-corrected chi connectivity index (χ4v) is 6.65. The summed E-state index contributed by atoms with van der Waals surface area (Å²) in [6.07, 6.45) is 5.10. The number of likely N-dealkylation sites (N-methyl/N-ethyl adjacent to an activating group) is 1. The minimum Gasteiger partial charge on any atom is -0.395 e. The van der Waals surface area contributed by atoms with Crippen LogP contribution in [0.5, 0.6) is 0 Å². The molecule has 4 rings (SSSR count). The van der Waals surface area contributed by atoms with Crippen LogP contribution in [-0.2, 0) is 33.4 Å². The predicted molar refractivity (Wildman–Crippen MR) is 137 cm³/mol. The summed E-state index contributed by atoms with van der Waals surface area (Å²) in [5, 5.41) is 12.5. The first-order chi connectivity index (χ1) is 17.0. The highest BCUT2D eigenvalue weighted by molar-refractivity contribution is 7.83. The van der Waals surface area contributed by atoms with Gasteiger partial charge in [-0.3, -0.25) is 13.6 Å². The van der Waals surface area contributed by atoms with E-state index in [-0.39, 0.29) is 31.5 Å². The number of hydrogen-bond acceptors (Lipinski definition) is 5. The van der Waals surface area contributed by atoms with Gasteiger partial charge in [-0.05, 0) is 74.6 Å². The molecule has 1 fully saturated rings. The molecular weight excluding hydrogens is 466 g/mol. The highest BCUT2D eigenvalue weighted by Crippen LogP contribution is 2.40. The second-order valence-corrected chi connectivity index (χ2v) is 11.0. The largest absolute Gasteiger partial charge is 0.395 e. The lowest BCUT2D eigenvalue weighted by Gasteiger charge is -2.33. The number of benzene rings is 1. The second kappa shape index (κ2) is 11.7. The molecule has 2 N–H and O–H groups in total. The molecule has 0 bridgehead atoms. The zero-order valence-electron chi connectivity index (χ0n) is 20.8. The van der Waals surface area contributed by atoms with Crippen molar-refractivity contribution < 1.29 is 23.6 Å². The number of aromatic nitrogens is 1. The summed E-state index contributed by atoms with van der Waals surface area (Å²) in [6.45, 7) is 5.79. The third kappa shape index (κ3) is 5.47. The van der Waals surface area contributed by atoms with Gasteiger partial charge in [-0.2, -0.15) is 0 Å². The van der Waals surface area contributed by atoms with Crippen molar-refractivity contribution >= 4 is 33.7 Å². The van der Waals surface area contributed by atoms with Gasteiger partial charge in [-0.1, -0.05) is 6.92 Å². The highest BCUT2D eigenvalue weighted by Gasteiger charge is 2.32. The van der Waals surface area contributed by atoms with Gasteiger partial charge in [0.05, 0.1) is 18.7 Å². The second-order valence-electron chi connectivity index (χ2n) is 9.41. The number of nitrogens with one attached hydrogen (secondary N) is 1. The van der Waals surface area contributed by atoms with Crippen LogP contribution in [0.25, 0.3) is 10.9 Å². The first kappa shape index (κ1) is 25.9. The molecule has 1 aliphatic heterocycles. The van der Waals surface area contributed by atoms with Gasteiger partial charge in [0.25, 0.3) is 5.91 Å². The number of aliphatic hydroxyl groups excluding tert-OH is 1. The zero-order chi connectivity index (χ0) is 24.9. The van der Waals surface area contributed by atoms with Crippen molar-refractivity contribution in [3.8, 4) is 0 Å². The minimum atomic E-state index is -1.15. The molecule has 0 radical (unpaired) electrons. The highest BCUT2D eigenvalue weighted by atomic mass is 32.2. The number of nitrogens with zero attached hydrogens (tertiary/aromatic N) is 2. The number of carbonyl (C=O) groups is 2. The SMILES string of the molecule is CCN(CC(=O)NCCO)C(=O)c1ccc2c(c1)c1c(n2S(=O)CC)CC[C@@H](C2CCOCC2)C1. The van der Waals surface area contributed by atoms with Gasteiger partial charge >= 0.3 is 0 Å². The van der Waals surface area contributed by atoms with Crippen LogP contribution >= 0.6 is 0 Å². The topological polar surface area (TPSA) is 101 Å². The Bertz CT molecular complexity index is 1090. The molecule has 2 amide bonds. The Hall–Kier alpha value is -2.23. The van der Waals surface area contributed by atoms with E-state index in [0.717, 1.165) is 61.9 Å². The molecule has 0 saturated carbocycles. The van der Waals surface area contributed by atoms with E-state index in [4.69, 9.17) is 9.84 Å². The molecule has 1 aromatic carbocycles. The molecular formula is C26H37N3O5S. The summed E-state index contributed by atoms with van der Waals surface area (Å²) in [4.78, 5) is 27.0. The van der Waals surface area contributed by atoms with E-state index in [1.54, 1.807) is 6.07 Å². The summed E-state index contributed by atoms with van der Waals surface area (Å²) in [5.41, 5.74) is 3.82. The van der Waals surface area contributed by atoms with Crippen molar-refractivity contribution in [1.82, 2.24) is 14.2 Å². The molecule has 1 unspecified atom stereocenters. The third-order valence-electron chi connectivity index (χ3n) is 7.42. The van der Waals surface area contributed by atoms with Gasteiger partial charge in [0, 0.05) is 48.7 Å². The van der Waals surface area contributed by atoms with Crippen LogP contribution in [0, 0.1) is 11.8 Å². The van der Waals surface area contributed by atoms with Crippen LogP contribution in [0.15, 0.2) is 18.2 Å². The van der Waals surface area contributed by atoms with Gasteiger partial charge in [-0.15, -0.1) is 0 Å². The van der Waals surface area contributed by atoms with Crippen LogP contribution in [0.2, 0.25) is 0 Å². The Labute approximate surface area is 209 Å². The first-order valence-corrected chi connectivity index (χ1v) is 14.1. The molecule has 0 spiro atoms. The summed E-state index contributed by atoms with van der Waals surface area (Å²) < 4.78 is 20.6. The van der Waals surface area contributed by atoms with Crippen molar-refractivity contribution in [1.29, 1.82) is 0 Å². The lowest BCUT2D eigenvalue weighted by atomic mass is 9.75. The van der Waals surface area contributed by atoms with E-state index in [2.05, 4.69) is 5.32 Å². The molecule has 1 saturated heterocycles. The van der Waals surface area contributed by atoms with Gasteiger partial charge in [0.2, 0.25) is 5.91 Å². The Morgan fingerprint density at radius 2 is 1.97 bits per heavy atom. The van der Waals surface area contributed by atoms with Gasteiger partial charge < -0.3 is 20.1 Å². The first-order valence-electron chi connectivity index (χ1n) is 12.8. The van der Waals surface area contributed by atoms with Crippen molar-refractivity contribution in [3.05, 3.63) is 35.0 Å². The molecule has 192 valence electrons. The number of ether oxygens (including phenoxy) is 1. The monoisotopic (exact) mass is 503 g/mol. The Balaban J connectivity index is 1.67. The van der Waals surface area contributed by atoms with E-state index in [1.807, 2.05) is 30.0 Å². The van der Waals surface area contributed by atoms with Gasteiger partial charge in [0.1, 0.15) is 11.0 Å². The van der Waals surface area contributed by atoms with Crippen molar-refractivity contribution in [2.24, 2.45) is 11.8 Å². The van der Waals surface area contributed by atoms with E-state index in [0.29, 0.717) is 29.7 Å². The van der Waals surface area contributed by atoms with E-state index in [9.17, 15) is 13.8 Å². The lowest BCUT2D eigenvalue weighted by Crippen LogP contribution is -2.41. The molecule has 1 aliphatic carbocycles. The fourth-order valence-electron chi connectivity index (χ4n) is 5.56. The summed E-state index contributed by atoms with van der Waals surface area (Å²) >= 11 is 0. The Morgan fingerprint density at radius 3 is 2.66 bits per heavy atom. The fraction of sp³-hybridized carbons (Fsp3) is 0.615. The zero-order valence-corrected chi connectivity index (χ0v) is 21.6. The third-order valence-corrected chi connectivity index (χ3v) is 8.74. The van der Waals surface area contributed by atoms with Crippen molar-refractivity contribution in [3.63, 3.8) is 0 Å². The molecule has 9 heteroatoms. The summed E-state index contributed by atoms with van der Waals surface area (Å²) in [5.74, 6) is 1.25. The maximum Gasteiger partial charge on any atom is 0.254 e. The van der Waals surface area contributed by atoms with E-state index >= 15 is 0 Å². The van der Waals surface area contributed by atoms with Crippen molar-refractivity contribution in [2.45, 2.75) is 46.0 Å². The van der Waals surface area contributed by atoms with E-state index < -0.39 is 11.0 Å². The predicted octanol–water partition coefficient (Wildman–Crippen LogP) is 2.28. The number of aliphatic hydroxyl groups is 1. The smallest absolute Gasteiger partial charge is 0.254 e. The molecule has 1 aromatic heterocycles. The maximum absolute atomic E-state index is 13.3. The molecule has 2 atom stereocenters. The Kier molecular flexibility index (Phi) is 8.62. The van der Waals surface area contributed by atoms with E-state index in [1.165, 1.54) is 10.5 Å². The molecule has 35 heavy (non-hydrogen) atoms. The average Bonchev–Trinajstić information content (AvgIpc) is 3.23.